The summed E-state index contributed by atoms with van der Waals surface area (Å²) in [6.07, 6.45) is -0.435. The molecule has 148 valence electrons. The van der Waals surface area contributed by atoms with Gasteiger partial charge in [0.1, 0.15) is 37.2 Å². The van der Waals surface area contributed by atoms with Crippen LogP contribution in [0.3, 0.4) is 0 Å². The van der Waals surface area contributed by atoms with Crippen LogP contribution in [0, 0.1) is 0 Å². The molecule has 2 N–H and O–H groups in total. The quantitative estimate of drug-likeness (QED) is 0.618. The van der Waals surface area contributed by atoms with Gasteiger partial charge in [-0.25, -0.2) is 0 Å². The van der Waals surface area contributed by atoms with Gasteiger partial charge in [0.25, 0.3) is 0 Å². The van der Waals surface area contributed by atoms with Gasteiger partial charge in [0, 0.05) is 0 Å². The number of nitrogens with zero attached hydrogens (tertiary/aromatic N) is 2. The Kier molecular flexibility index (Phi) is 8.06. The summed E-state index contributed by atoms with van der Waals surface area (Å²) in [5.41, 5.74) is 2.35. The smallest absolute Gasteiger partial charge is 0.141 e. The van der Waals surface area contributed by atoms with Crippen LogP contribution in [0.25, 0.3) is 0 Å². The molecule has 0 heterocycles. The maximum Gasteiger partial charge on any atom is 0.141 e. The van der Waals surface area contributed by atoms with E-state index in [4.69, 9.17) is 9.47 Å². The summed E-state index contributed by atoms with van der Waals surface area (Å²) >= 11 is 0. The van der Waals surface area contributed by atoms with Crippen molar-refractivity contribution in [2.24, 2.45) is 0 Å². The third kappa shape index (κ3) is 7.19. The van der Waals surface area contributed by atoms with Crippen molar-refractivity contribution in [3.63, 3.8) is 0 Å². The minimum Gasteiger partial charge on any atom is -0.489 e. The van der Waals surface area contributed by atoms with Gasteiger partial charge in [0.05, 0.1) is 0 Å². The van der Waals surface area contributed by atoms with Gasteiger partial charge in [-0.1, -0.05) is 24.3 Å². The zero-order valence-corrected chi connectivity index (χ0v) is 16.5. The lowest BCUT2D eigenvalue weighted by molar-refractivity contribution is 0.00182. The van der Waals surface area contributed by atoms with Gasteiger partial charge in [0.2, 0.25) is 0 Å². The fraction of sp³-hybridized carbons (Fsp3) is 0.429. The summed E-state index contributed by atoms with van der Waals surface area (Å²) in [5.74, 6) is 1.48. The Labute approximate surface area is 161 Å². The number of benzene rings is 2. The molecule has 6 nitrogen and oxygen atoms in total. The summed E-state index contributed by atoms with van der Waals surface area (Å²) in [7, 11) is 7.21. The van der Waals surface area contributed by atoms with Crippen molar-refractivity contribution in [1.29, 1.82) is 0 Å². The summed E-state index contributed by atoms with van der Waals surface area (Å²) in [4.78, 5) is 3.39. The van der Waals surface area contributed by atoms with E-state index in [1.165, 1.54) is 11.1 Å². The number of ether oxygens (including phenoxy) is 2. The van der Waals surface area contributed by atoms with Crippen LogP contribution in [-0.4, -0.2) is 73.9 Å². The first-order valence-corrected chi connectivity index (χ1v) is 8.97. The lowest BCUT2D eigenvalue weighted by atomic mass is 10.0. The highest BCUT2D eigenvalue weighted by Gasteiger charge is 2.08. The molecular weight excluding hydrogens is 344 g/mol. The fourth-order valence-electron chi connectivity index (χ4n) is 2.28. The first-order chi connectivity index (χ1) is 12.8. The van der Waals surface area contributed by atoms with E-state index in [2.05, 4.69) is 0 Å². The lowest BCUT2D eigenvalue weighted by Gasteiger charge is -2.19. The van der Waals surface area contributed by atoms with Crippen LogP contribution >= 0.6 is 0 Å². The Balaban J connectivity index is 1.84. The Morgan fingerprint density at radius 3 is 1.30 bits per heavy atom. The fourth-order valence-corrected chi connectivity index (χ4v) is 2.28. The van der Waals surface area contributed by atoms with Crippen molar-refractivity contribution in [1.82, 2.24) is 9.80 Å². The number of aliphatic hydroxyl groups is 2. The normalized spacial score (nSPS) is 13.6. The SMILES string of the molecule is CN(C)C(O)COc1ccc(Cc2ccc(OCC(O)N(C)C)cc2)cc1. The number of rotatable bonds is 10. The monoisotopic (exact) mass is 374 g/mol. The number of likely N-dealkylation sites (N-methyl/N-ethyl adjacent to an activating group) is 2. The van der Waals surface area contributed by atoms with Crippen molar-refractivity contribution >= 4 is 0 Å². The molecule has 0 amide bonds. The molecular formula is C21H30N2O4. The summed E-state index contributed by atoms with van der Waals surface area (Å²) in [5, 5.41) is 19.5. The second-order valence-electron chi connectivity index (χ2n) is 6.98. The maximum atomic E-state index is 9.73. The zero-order chi connectivity index (χ0) is 19.8. The molecule has 0 aromatic heterocycles. The summed E-state index contributed by atoms with van der Waals surface area (Å²) in [6, 6.07) is 15.8. The molecule has 0 aliphatic carbocycles. The molecule has 0 bridgehead atoms. The van der Waals surface area contributed by atoms with Crippen molar-refractivity contribution in [3.05, 3.63) is 59.7 Å². The molecule has 27 heavy (non-hydrogen) atoms. The molecule has 0 spiro atoms. The largest absolute Gasteiger partial charge is 0.489 e. The van der Waals surface area contributed by atoms with Crippen LogP contribution in [0.15, 0.2) is 48.5 Å². The highest BCUT2D eigenvalue weighted by atomic mass is 16.5. The molecule has 2 atom stereocenters. The number of hydrogen-bond donors (Lipinski definition) is 2. The molecule has 2 aromatic rings. The predicted octanol–water partition coefficient (Wildman–Crippen LogP) is 1.79. The molecule has 2 rings (SSSR count). The Hall–Kier alpha value is -2.12. The first kappa shape index (κ1) is 21.2. The molecule has 0 aliphatic heterocycles. The molecule has 0 radical (unpaired) electrons. The van der Waals surface area contributed by atoms with E-state index in [9.17, 15) is 10.2 Å². The Morgan fingerprint density at radius 2 is 1.00 bits per heavy atom. The van der Waals surface area contributed by atoms with Gasteiger partial charge in [-0.05, 0) is 70.0 Å². The minimum atomic E-state index is -0.621. The first-order valence-electron chi connectivity index (χ1n) is 8.97. The molecule has 0 saturated heterocycles. The summed E-state index contributed by atoms with van der Waals surface area (Å²) < 4.78 is 11.2. The van der Waals surface area contributed by atoms with E-state index in [0.717, 1.165) is 17.9 Å². The van der Waals surface area contributed by atoms with E-state index < -0.39 is 12.5 Å². The number of aliphatic hydroxyl groups excluding tert-OH is 2. The average molecular weight is 374 g/mol. The third-order valence-corrected chi connectivity index (χ3v) is 4.25. The van der Waals surface area contributed by atoms with Gasteiger partial charge >= 0.3 is 0 Å². The Bertz CT molecular complexity index is 612. The van der Waals surface area contributed by atoms with Crippen LogP contribution in [-0.2, 0) is 6.42 Å². The maximum absolute atomic E-state index is 9.73. The van der Waals surface area contributed by atoms with Crippen LogP contribution in [0.5, 0.6) is 11.5 Å². The van der Waals surface area contributed by atoms with E-state index in [-0.39, 0.29) is 13.2 Å². The van der Waals surface area contributed by atoms with E-state index in [1.807, 2.05) is 48.5 Å². The van der Waals surface area contributed by atoms with Crippen molar-refractivity contribution in [2.75, 3.05) is 41.4 Å². The van der Waals surface area contributed by atoms with Gasteiger partial charge in [0.15, 0.2) is 0 Å². The zero-order valence-electron chi connectivity index (χ0n) is 16.5. The topological polar surface area (TPSA) is 65.4 Å². The third-order valence-electron chi connectivity index (χ3n) is 4.25. The van der Waals surface area contributed by atoms with Crippen LogP contribution < -0.4 is 9.47 Å². The van der Waals surface area contributed by atoms with Crippen molar-refractivity contribution in [3.8, 4) is 11.5 Å². The van der Waals surface area contributed by atoms with Gasteiger partial charge in [-0.15, -0.1) is 0 Å². The van der Waals surface area contributed by atoms with Crippen molar-refractivity contribution < 1.29 is 19.7 Å². The Morgan fingerprint density at radius 1 is 0.667 bits per heavy atom. The molecule has 0 aliphatic rings. The average Bonchev–Trinajstić information content (AvgIpc) is 2.66. The lowest BCUT2D eigenvalue weighted by Crippen LogP contribution is -2.33. The predicted molar refractivity (Wildman–Crippen MR) is 106 cm³/mol. The van der Waals surface area contributed by atoms with E-state index in [0.29, 0.717) is 0 Å². The second kappa shape index (κ2) is 10.3. The van der Waals surface area contributed by atoms with E-state index >= 15 is 0 Å². The van der Waals surface area contributed by atoms with Crippen LogP contribution in [0.1, 0.15) is 11.1 Å². The molecule has 0 fully saturated rings. The standard InChI is InChI=1S/C21H30N2O4/c1-22(2)20(24)14-26-18-9-5-16(6-10-18)13-17-7-11-19(12-8-17)27-15-21(25)23(3)4/h5-12,20-21,24-25H,13-15H2,1-4H3. The van der Waals surface area contributed by atoms with Crippen LogP contribution in [0.4, 0.5) is 0 Å². The molecule has 6 heteroatoms. The van der Waals surface area contributed by atoms with E-state index in [1.54, 1.807) is 38.0 Å². The molecule has 0 saturated carbocycles. The van der Waals surface area contributed by atoms with Crippen molar-refractivity contribution in [2.45, 2.75) is 18.9 Å². The van der Waals surface area contributed by atoms with Gasteiger partial charge < -0.3 is 19.7 Å². The minimum absolute atomic E-state index is 0.232. The number of hydrogen-bond acceptors (Lipinski definition) is 6. The summed E-state index contributed by atoms with van der Waals surface area (Å²) in [6.45, 7) is 0.465. The van der Waals surface area contributed by atoms with Gasteiger partial charge in [-0.3, -0.25) is 9.80 Å². The molecule has 2 aromatic carbocycles. The van der Waals surface area contributed by atoms with Crippen LogP contribution in [0.2, 0.25) is 0 Å². The highest BCUT2D eigenvalue weighted by Crippen LogP contribution is 2.18. The van der Waals surface area contributed by atoms with Gasteiger partial charge in [-0.2, -0.15) is 0 Å². The second-order valence-corrected chi connectivity index (χ2v) is 6.98. The molecule has 2 unspecified atom stereocenters. The highest BCUT2D eigenvalue weighted by molar-refractivity contribution is 5.34.